The topological polar surface area (TPSA) is 29.5 Å². The molecule has 19 heavy (non-hydrogen) atoms. The lowest BCUT2D eigenvalue weighted by atomic mass is 9.84. The highest BCUT2D eigenvalue weighted by atomic mass is 16.5. The minimum absolute atomic E-state index is 0.0129. The molecule has 104 valence electrons. The lowest BCUT2D eigenvalue weighted by molar-refractivity contribution is -0.151. The molecule has 1 aromatic carbocycles. The Labute approximate surface area is 115 Å². The van der Waals surface area contributed by atoms with Crippen molar-refractivity contribution in [2.75, 3.05) is 13.2 Å². The highest BCUT2D eigenvalue weighted by Gasteiger charge is 2.45. The molecule has 1 aliphatic rings. The Kier molecular flexibility index (Phi) is 4.25. The van der Waals surface area contributed by atoms with Crippen LogP contribution in [0.15, 0.2) is 30.3 Å². The fourth-order valence-corrected chi connectivity index (χ4v) is 2.87. The molecule has 1 aliphatic heterocycles. The predicted octanol–water partition coefficient (Wildman–Crippen LogP) is 2.85. The average Bonchev–Trinajstić information content (AvgIpc) is 2.66. The highest BCUT2D eigenvalue weighted by molar-refractivity contribution is 5.77. The van der Waals surface area contributed by atoms with Gasteiger partial charge in [-0.15, -0.1) is 0 Å². The van der Waals surface area contributed by atoms with Crippen molar-refractivity contribution in [3.8, 4) is 0 Å². The van der Waals surface area contributed by atoms with E-state index in [1.165, 1.54) is 5.56 Å². The van der Waals surface area contributed by atoms with E-state index in [1.807, 2.05) is 25.1 Å². The van der Waals surface area contributed by atoms with Crippen molar-refractivity contribution < 1.29 is 9.53 Å². The molecule has 0 radical (unpaired) electrons. The Morgan fingerprint density at radius 1 is 1.37 bits per heavy atom. The number of carbonyl (C=O) groups is 1. The second-order valence-corrected chi connectivity index (χ2v) is 5.85. The van der Waals surface area contributed by atoms with Crippen molar-refractivity contribution in [2.24, 2.45) is 5.41 Å². The summed E-state index contributed by atoms with van der Waals surface area (Å²) in [4.78, 5) is 14.4. The molecule has 1 fully saturated rings. The van der Waals surface area contributed by atoms with Gasteiger partial charge in [-0.25, -0.2) is 0 Å². The monoisotopic (exact) mass is 261 g/mol. The molecular weight excluding hydrogens is 238 g/mol. The Morgan fingerprint density at radius 2 is 2.05 bits per heavy atom. The smallest absolute Gasteiger partial charge is 0.323 e. The van der Waals surface area contributed by atoms with Crippen molar-refractivity contribution >= 4 is 5.97 Å². The molecule has 0 bridgehead atoms. The fraction of sp³-hybridized carbons (Fsp3) is 0.562. The molecule has 0 aliphatic carbocycles. The summed E-state index contributed by atoms with van der Waals surface area (Å²) in [6.45, 7) is 8.38. The van der Waals surface area contributed by atoms with Gasteiger partial charge in [-0.05, 0) is 30.9 Å². The van der Waals surface area contributed by atoms with Crippen LogP contribution in [0.4, 0.5) is 0 Å². The maximum atomic E-state index is 12.2. The summed E-state index contributed by atoms with van der Waals surface area (Å²) in [6, 6.07) is 10.2. The number of esters is 1. The Balaban J connectivity index is 2.13. The van der Waals surface area contributed by atoms with E-state index in [1.54, 1.807) is 0 Å². The molecule has 0 saturated carbocycles. The predicted molar refractivity (Wildman–Crippen MR) is 75.7 cm³/mol. The summed E-state index contributed by atoms with van der Waals surface area (Å²) in [6.07, 6.45) is 1.03. The molecule has 1 saturated heterocycles. The minimum atomic E-state index is -0.132. The van der Waals surface area contributed by atoms with Crippen molar-refractivity contribution in [1.29, 1.82) is 0 Å². The molecule has 3 heteroatoms. The first-order valence-corrected chi connectivity index (χ1v) is 6.99. The van der Waals surface area contributed by atoms with E-state index in [0.29, 0.717) is 6.61 Å². The minimum Gasteiger partial charge on any atom is -0.465 e. The van der Waals surface area contributed by atoms with E-state index in [2.05, 4.69) is 30.9 Å². The molecule has 1 atom stereocenters. The number of carbonyl (C=O) groups excluding carboxylic acids is 1. The number of ether oxygens (including phenoxy) is 1. The molecule has 0 aromatic heterocycles. The number of hydrogen-bond donors (Lipinski definition) is 0. The van der Waals surface area contributed by atoms with Crippen molar-refractivity contribution in [1.82, 2.24) is 4.90 Å². The Bertz CT molecular complexity index is 428. The van der Waals surface area contributed by atoms with Gasteiger partial charge in [-0.1, -0.05) is 44.2 Å². The van der Waals surface area contributed by atoms with E-state index in [-0.39, 0.29) is 17.4 Å². The van der Waals surface area contributed by atoms with E-state index < -0.39 is 0 Å². The van der Waals surface area contributed by atoms with E-state index in [0.717, 1.165) is 19.5 Å². The summed E-state index contributed by atoms with van der Waals surface area (Å²) in [5.41, 5.74) is 1.23. The van der Waals surface area contributed by atoms with Gasteiger partial charge in [-0.3, -0.25) is 9.69 Å². The number of rotatable bonds is 4. The summed E-state index contributed by atoms with van der Waals surface area (Å²) in [5.74, 6) is -0.0825. The molecule has 0 spiro atoms. The second kappa shape index (κ2) is 5.74. The maximum Gasteiger partial charge on any atom is 0.323 e. The SMILES string of the molecule is CCOC(=O)C1N(Cc2ccccc2)CCC1(C)C. The van der Waals surface area contributed by atoms with E-state index in [4.69, 9.17) is 4.74 Å². The molecule has 0 N–H and O–H groups in total. The highest BCUT2D eigenvalue weighted by Crippen LogP contribution is 2.37. The van der Waals surface area contributed by atoms with Gasteiger partial charge in [0.1, 0.15) is 6.04 Å². The van der Waals surface area contributed by atoms with Crippen LogP contribution in [0.1, 0.15) is 32.8 Å². The van der Waals surface area contributed by atoms with Crippen LogP contribution in [0.25, 0.3) is 0 Å². The number of benzene rings is 1. The molecule has 1 unspecified atom stereocenters. The van der Waals surface area contributed by atoms with Crippen LogP contribution in [-0.4, -0.2) is 30.1 Å². The average molecular weight is 261 g/mol. The standard InChI is InChI=1S/C16H23NO2/c1-4-19-15(18)14-16(2,3)10-11-17(14)12-13-8-6-5-7-9-13/h5-9,14H,4,10-12H2,1-3H3. The Hall–Kier alpha value is -1.35. The van der Waals surface area contributed by atoms with Crippen molar-refractivity contribution in [2.45, 2.75) is 39.8 Å². The largest absolute Gasteiger partial charge is 0.465 e. The van der Waals surface area contributed by atoms with Crippen LogP contribution in [0, 0.1) is 5.41 Å². The zero-order valence-corrected chi connectivity index (χ0v) is 12.1. The van der Waals surface area contributed by atoms with Crippen LogP contribution in [-0.2, 0) is 16.1 Å². The first-order valence-electron chi connectivity index (χ1n) is 6.99. The van der Waals surface area contributed by atoms with Crippen LogP contribution in [0.3, 0.4) is 0 Å². The third-order valence-electron chi connectivity index (χ3n) is 3.89. The van der Waals surface area contributed by atoms with Crippen molar-refractivity contribution in [3.05, 3.63) is 35.9 Å². The zero-order valence-electron chi connectivity index (χ0n) is 12.1. The molecule has 3 nitrogen and oxygen atoms in total. The second-order valence-electron chi connectivity index (χ2n) is 5.85. The van der Waals surface area contributed by atoms with Crippen LogP contribution < -0.4 is 0 Å². The van der Waals surface area contributed by atoms with Gasteiger partial charge in [0.15, 0.2) is 0 Å². The Morgan fingerprint density at radius 3 is 2.68 bits per heavy atom. The first-order chi connectivity index (χ1) is 9.04. The molecule has 2 rings (SSSR count). The van der Waals surface area contributed by atoms with E-state index in [9.17, 15) is 4.79 Å². The summed E-state index contributed by atoms with van der Waals surface area (Å²) in [5, 5.41) is 0. The van der Waals surface area contributed by atoms with Gasteiger partial charge < -0.3 is 4.74 Å². The number of hydrogen-bond acceptors (Lipinski definition) is 3. The van der Waals surface area contributed by atoms with Crippen LogP contribution in [0.2, 0.25) is 0 Å². The third-order valence-corrected chi connectivity index (χ3v) is 3.89. The normalized spacial score (nSPS) is 22.4. The van der Waals surface area contributed by atoms with Gasteiger partial charge in [0, 0.05) is 6.54 Å². The van der Waals surface area contributed by atoms with Gasteiger partial charge in [0.2, 0.25) is 0 Å². The fourth-order valence-electron chi connectivity index (χ4n) is 2.87. The van der Waals surface area contributed by atoms with Gasteiger partial charge in [0.05, 0.1) is 6.61 Å². The van der Waals surface area contributed by atoms with E-state index >= 15 is 0 Å². The quantitative estimate of drug-likeness (QED) is 0.781. The van der Waals surface area contributed by atoms with Crippen LogP contribution in [0.5, 0.6) is 0 Å². The van der Waals surface area contributed by atoms with Crippen molar-refractivity contribution in [3.63, 3.8) is 0 Å². The third kappa shape index (κ3) is 3.16. The summed E-state index contributed by atoms with van der Waals surface area (Å²) < 4.78 is 5.25. The molecule has 1 heterocycles. The number of likely N-dealkylation sites (tertiary alicyclic amines) is 1. The number of nitrogens with zero attached hydrogens (tertiary/aromatic N) is 1. The zero-order chi connectivity index (χ0) is 13.9. The van der Waals surface area contributed by atoms with Gasteiger partial charge in [-0.2, -0.15) is 0 Å². The van der Waals surface area contributed by atoms with Gasteiger partial charge >= 0.3 is 5.97 Å². The summed E-state index contributed by atoms with van der Waals surface area (Å²) >= 11 is 0. The molecule has 1 aromatic rings. The lowest BCUT2D eigenvalue weighted by Crippen LogP contribution is -2.43. The first kappa shape index (κ1) is 14.1. The molecular formula is C16H23NO2. The molecule has 0 amide bonds. The van der Waals surface area contributed by atoms with Crippen LogP contribution >= 0.6 is 0 Å². The summed E-state index contributed by atoms with van der Waals surface area (Å²) in [7, 11) is 0. The maximum absolute atomic E-state index is 12.2. The van der Waals surface area contributed by atoms with Gasteiger partial charge in [0.25, 0.3) is 0 Å². The lowest BCUT2D eigenvalue weighted by Gasteiger charge is -2.30.